The number of aliphatic hydroxyl groups excluding tert-OH is 2. The highest BCUT2D eigenvalue weighted by molar-refractivity contribution is 5.27. The highest BCUT2D eigenvalue weighted by atomic mass is 16.3. The van der Waals surface area contributed by atoms with E-state index < -0.39 is 0 Å². The Balaban J connectivity index is 2.53. The minimum atomic E-state index is -0.0303. The first-order chi connectivity index (χ1) is 8.47. The van der Waals surface area contributed by atoms with Crippen LogP contribution >= 0.6 is 0 Å². The monoisotopic (exact) mass is 251 g/mol. The molecule has 3 heteroatoms. The van der Waals surface area contributed by atoms with Crippen LogP contribution in [0.2, 0.25) is 0 Å². The molecule has 0 saturated heterocycles. The van der Waals surface area contributed by atoms with Crippen LogP contribution in [-0.2, 0) is 12.0 Å². The van der Waals surface area contributed by atoms with Gasteiger partial charge in [-0.25, -0.2) is 0 Å². The summed E-state index contributed by atoms with van der Waals surface area (Å²) in [6, 6.07) is 8.49. The zero-order valence-corrected chi connectivity index (χ0v) is 11.6. The largest absolute Gasteiger partial charge is 0.396 e. The van der Waals surface area contributed by atoms with Crippen molar-refractivity contribution in [3.63, 3.8) is 0 Å². The van der Waals surface area contributed by atoms with Crippen molar-refractivity contribution in [2.75, 3.05) is 13.2 Å². The van der Waals surface area contributed by atoms with E-state index in [0.29, 0.717) is 6.42 Å². The van der Waals surface area contributed by atoms with E-state index in [0.717, 1.165) is 6.54 Å². The minimum Gasteiger partial charge on any atom is -0.396 e. The Labute approximate surface area is 110 Å². The van der Waals surface area contributed by atoms with Gasteiger partial charge in [0.25, 0.3) is 0 Å². The third-order valence-electron chi connectivity index (χ3n) is 3.11. The normalized spacial score (nSPS) is 13.6. The predicted molar refractivity (Wildman–Crippen MR) is 74.6 cm³/mol. The topological polar surface area (TPSA) is 52.5 Å². The van der Waals surface area contributed by atoms with Gasteiger partial charge in [0.05, 0.1) is 6.61 Å². The van der Waals surface area contributed by atoms with Crippen LogP contribution in [-0.4, -0.2) is 29.5 Å². The van der Waals surface area contributed by atoms with Crippen LogP contribution in [0.4, 0.5) is 0 Å². The third-order valence-corrected chi connectivity index (χ3v) is 3.11. The van der Waals surface area contributed by atoms with Gasteiger partial charge in [0.15, 0.2) is 0 Å². The highest BCUT2D eigenvalue weighted by Gasteiger charge is 2.13. The van der Waals surface area contributed by atoms with Crippen molar-refractivity contribution in [3.05, 3.63) is 35.4 Å². The zero-order valence-electron chi connectivity index (χ0n) is 11.6. The van der Waals surface area contributed by atoms with Crippen LogP contribution in [0.3, 0.4) is 0 Å². The van der Waals surface area contributed by atoms with Crippen molar-refractivity contribution in [2.45, 2.75) is 45.2 Å². The number of hydrogen-bond donors (Lipinski definition) is 3. The first-order valence-corrected chi connectivity index (χ1v) is 6.52. The first-order valence-electron chi connectivity index (χ1n) is 6.52. The smallest absolute Gasteiger partial charge is 0.0585 e. The summed E-state index contributed by atoms with van der Waals surface area (Å²) in [7, 11) is 0. The lowest BCUT2D eigenvalue weighted by Crippen LogP contribution is -2.32. The van der Waals surface area contributed by atoms with Gasteiger partial charge in [-0.3, -0.25) is 0 Å². The van der Waals surface area contributed by atoms with Gasteiger partial charge in [-0.05, 0) is 23.0 Å². The standard InChI is InChI=1S/C15H25NO2/c1-15(2,3)13-6-4-12(5-7-13)10-16-14(11-18)8-9-17/h4-7,14,16-18H,8-11H2,1-3H3. The van der Waals surface area contributed by atoms with Crippen LogP contribution in [0.5, 0.6) is 0 Å². The Morgan fingerprint density at radius 1 is 1.11 bits per heavy atom. The fraction of sp³-hybridized carbons (Fsp3) is 0.600. The molecular weight excluding hydrogens is 226 g/mol. The summed E-state index contributed by atoms with van der Waals surface area (Å²) >= 11 is 0. The number of aliphatic hydroxyl groups is 2. The predicted octanol–water partition coefficient (Wildman–Crippen LogP) is 1.82. The van der Waals surface area contributed by atoms with Gasteiger partial charge in [-0.1, -0.05) is 45.0 Å². The Morgan fingerprint density at radius 3 is 2.17 bits per heavy atom. The van der Waals surface area contributed by atoms with E-state index in [-0.39, 0.29) is 24.7 Å². The summed E-state index contributed by atoms with van der Waals surface area (Å²) in [4.78, 5) is 0. The molecule has 18 heavy (non-hydrogen) atoms. The summed E-state index contributed by atoms with van der Waals surface area (Å²) in [6.07, 6.45) is 0.580. The maximum absolute atomic E-state index is 9.11. The van der Waals surface area contributed by atoms with E-state index in [9.17, 15) is 0 Å². The van der Waals surface area contributed by atoms with E-state index in [4.69, 9.17) is 10.2 Å². The lowest BCUT2D eigenvalue weighted by atomic mass is 9.87. The average molecular weight is 251 g/mol. The minimum absolute atomic E-state index is 0.0303. The number of rotatable bonds is 6. The Kier molecular flexibility index (Phi) is 5.79. The molecule has 0 amide bonds. The Bertz CT molecular complexity index is 341. The van der Waals surface area contributed by atoms with Gasteiger partial charge in [-0.15, -0.1) is 0 Å². The number of nitrogens with one attached hydrogen (secondary N) is 1. The van der Waals surface area contributed by atoms with Crippen molar-refractivity contribution < 1.29 is 10.2 Å². The molecule has 1 rings (SSSR count). The molecule has 0 aliphatic heterocycles. The molecule has 1 unspecified atom stereocenters. The van der Waals surface area contributed by atoms with Crippen molar-refractivity contribution in [1.82, 2.24) is 5.32 Å². The molecule has 1 aromatic rings. The Hall–Kier alpha value is -0.900. The van der Waals surface area contributed by atoms with Crippen LogP contribution in [0, 0.1) is 0 Å². The second kappa shape index (κ2) is 6.88. The molecule has 0 aliphatic rings. The van der Waals surface area contributed by atoms with Crippen LogP contribution in [0.25, 0.3) is 0 Å². The molecule has 0 aliphatic carbocycles. The fourth-order valence-corrected chi connectivity index (χ4v) is 1.80. The van der Waals surface area contributed by atoms with Crippen LogP contribution in [0.1, 0.15) is 38.3 Å². The van der Waals surface area contributed by atoms with E-state index in [2.05, 4.69) is 50.4 Å². The van der Waals surface area contributed by atoms with Crippen molar-refractivity contribution in [1.29, 1.82) is 0 Å². The second-order valence-corrected chi connectivity index (χ2v) is 5.72. The summed E-state index contributed by atoms with van der Waals surface area (Å²) in [5.41, 5.74) is 2.69. The average Bonchev–Trinajstić information content (AvgIpc) is 2.34. The lowest BCUT2D eigenvalue weighted by molar-refractivity contribution is 0.200. The zero-order chi connectivity index (χ0) is 13.6. The molecule has 0 fully saturated rings. The molecule has 3 N–H and O–H groups in total. The molecule has 3 nitrogen and oxygen atoms in total. The summed E-state index contributed by atoms with van der Waals surface area (Å²) in [5.74, 6) is 0. The maximum Gasteiger partial charge on any atom is 0.0585 e. The highest BCUT2D eigenvalue weighted by Crippen LogP contribution is 2.22. The molecule has 1 atom stereocenters. The van der Waals surface area contributed by atoms with Gasteiger partial charge in [0.1, 0.15) is 0 Å². The molecule has 0 spiro atoms. The maximum atomic E-state index is 9.11. The fourth-order valence-electron chi connectivity index (χ4n) is 1.80. The summed E-state index contributed by atoms with van der Waals surface area (Å²) in [5, 5.41) is 21.2. The van der Waals surface area contributed by atoms with Crippen molar-refractivity contribution in [2.24, 2.45) is 0 Å². The molecule has 0 bridgehead atoms. The van der Waals surface area contributed by atoms with E-state index in [1.54, 1.807) is 0 Å². The van der Waals surface area contributed by atoms with Crippen molar-refractivity contribution >= 4 is 0 Å². The van der Waals surface area contributed by atoms with Gasteiger partial charge < -0.3 is 15.5 Å². The van der Waals surface area contributed by atoms with Gasteiger partial charge in [0.2, 0.25) is 0 Å². The molecule has 102 valence electrons. The third kappa shape index (κ3) is 4.77. The Morgan fingerprint density at radius 2 is 1.72 bits per heavy atom. The van der Waals surface area contributed by atoms with Crippen molar-refractivity contribution in [3.8, 4) is 0 Å². The molecule has 0 aromatic heterocycles. The molecule has 0 heterocycles. The number of hydrogen-bond acceptors (Lipinski definition) is 3. The van der Waals surface area contributed by atoms with Gasteiger partial charge in [0, 0.05) is 19.2 Å². The van der Waals surface area contributed by atoms with E-state index in [1.807, 2.05) is 0 Å². The quantitative estimate of drug-likeness (QED) is 0.723. The first kappa shape index (κ1) is 15.2. The SMILES string of the molecule is CC(C)(C)c1ccc(CNC(CO)CCO)cc1. The molecule has 0 radical (unpaired) electrons. The van der Waals surface area contributed by atoms with Gasteiger partial charge in [-0.2, -0.15) is 0 Å². The van der Waals surface area contributed by atoms with Crippen LogP contribution < -0.4 is 5.32 Å². The summed E-state index contributed by atoms with van der Waals surface area (Å²) in [6.45, 7) is 7.47. The van der Waals surface area contributed by atoms with E-state index in [1.165, 1.54) is 11.1 Å². The van der Waals surface area contributed by atoms with E-state index >= 15 is 0 Å². The second-order valence-electron chi connectivity index (χ2n) is 5.72. The lowest BCUT2D eigenvalue weighted by Gasteiger charge is -2.20. The molecule has 1 aromatic carbocycles. The van der Waals surface area contributed by atoms with Gasteiger partial charge >= 0.3 is 0 Å². The molecule has 0 saturated carbocycles. The van der Waals surface area contributed by atoms with Crippen LogP contribution in [0.15, 0.2) is 24.3 Å². The molecular formula is C15H25NO2. The number of benzene rings is 1. The summed E-state index contributed by atoms with van der Waals surface area (Å²) < 4.78 is 0.